The third kappa shape index (κ3) is 3.77. The van der Waals surface area contributed by atoms with Crippen molar-refractivity contribution < 1.29 is 0 Å². The number of fused-ring (bicyclic) bond motifs is 1. The highest BCUT2D eigenvalue weighted by molar-refractivity contribution is 5.78. The van der Waals surface area contributed by atoms with Crippen LogP contribution in [0.15, 0.2) is 43.2 Å². The molecule has 0 amide bonds. The van der Waals surface area contributed by atoms with E-state index in [1.165, 1.54) is 19.3 Å². The van der Waals surface area contributed by atoms with Crippen LogP contribution in [0, 0.1) is 11.8 Å². The molecule has 1 saturated carbocycles. The van der Waals surface area contributed by atoms with Crippen molar-refractivity contribution >= 4 is 5.52 Å². The average Bonchev–Trinajstić information content (AvgIpc) is 3.51. The van der Waals surface area contributed by atoms with Gasteiger partial charge in [0.25, 0.3) is 0 Å². The van der Waals surface area contributed by atoms with Crippen LogP contribution in [0.5, 0.6) is 0 Å². The first-order chi connectivity index (χ1) is 15.2. The van der Waals surface area contributed by atoms with E-state index in [9.17, 15) is 0 Å². The molecule has 7 nitrogen and oxygen atoms in total. The highest BCUT2D eigenvalue weighted by atomic mass is 15.3. The van der Waals surface area contributed by atoms with Crippen LogP contribution in [0.2, 0.25) is 0 Å². The number of nitrogens with zero attached hydrogens (tertiary/aromatic N) is 7. The Hall–Kier alpha value is -2.96. The Bertz CT molecular complexity index is 1160. The maximum atomic E-state index is 5.02. The maximum Gasteiger partial charge on any atom is 0.0999 e. The Balaban J connectivity index is 1.45. The van der Waals surface area contributed by atoms with Gasteiger partial charge in [-0.05, 0) is 43.6 Å². The summed E-state index contributed by atoms with van der Waals surface area (Å²) in [6.45, 7) is 7.69. The highest BCUT2D eigenvalue weighted by Gasteiger charge is 2.28. The van der Waals surface area contributed by atoms with Gasteiger partial charge in [-0.2, -0.15) is 15.3 Å². The predicted octanol–water partition coefficient (Wildman–Crippen LogP) is 5.25. The molecule has 0 aromatic carbocycles. The van der Waals surface area contributed by atoms with Crippen molar-refractivity contribution in [2.45, 2.75) is 65.5 Å². The molecule has 7 heteroatoms. The fraction of sp³-hybridized carbons (Fsp3) is 0.500. The Kier molecular flexibility index (Phi) is 5.34. The van der Waals surface area contributed by atoms with Crippen molar-refractivity contribution in [2.24, 2.45) is 11.8 Å². The van der Waals surface area contributed by atoms with Crippen molar-refractivity contribution in [2.75, 3.05) is 0 Å². The van der Waals surface area contributed by atoms with Crippen molar-refractivity contribution in [3.05, 3.63) is 43.2 Å². The SMILES string of the molecule is CCC1CC(Cn2cc(-c3cn4nccc4c(-c4cnn(C(CC)CC)c4)n3)cn2)C1. The minimum atomic E-state index is 0.412. The quantitative estimate of drug-likeness (QED) is 0.392. The average molecular weight is 418 g/mol. The summed E-state index contributed by atoms with van der Waals surface area (Å²) in [5.74, 6) is 1.66. The molecule has 0 bridgehead atoms. The molecule has 4 aromatic heterocycles. The molecule has 1 aliphatic rings. The zero-order chi connectivity index (χ0) is 21.4. The van der Waals surface area contributed by atoms with E-state index >= 15 is 0 Å². The van der Waals surface area contributed by atoms with E-state index in [1.54, 1.807) is 0 Å². The largest absolute Gasteiger partial charge is 0.272 e. The van der Waals surface area contributed by atoms with Crippen LogP contribution in [0.3, 0.4) is 0 Å². The van der Waals surface area contributed by atoms with E-state index < -0.39 is 0 Å². The molecule has 4 heterocycles. The molecule has 0 atom stereocenters. The van der Waals surface area contributed by atoms with Gasteiger partial charge in [0, 0.05) is 30.1 Å². The van der Waals surface area contributed by atoms with Gasteiger partial charge in [-0.1, -0.05) is 27.2 Å². The molecular formula is C24H31N7. The summed E-state index contributed by atoms with van der Waals surface area (Å²) in [5, 5.41) is 13.7. The molecule has 162 valence electrons. The molecule has 5 rings (SSSR count). The lowest BCUT2D eigenvalue weighted by atomic mass is 9.74. The van der Waals surface area contributed by atoms with Crippen molar-refractivity contribution in [3.63, 3.8) is 0 Å². The lowest BCUT2D eigenvalue weighted by Crippen LogP contribution is -2.27. The second-order valence-electron chi connectivity index (χ2n) is 8.88. The summed E-state index contributed by atoms with van der Waals surface area (Å²) in [6.07, 6.45) is 18.0. The summed E-state index contributed by atoms with van der Waals surface area (Å²) in [7, 11) is 0. The molecule has 0 N–H and O–H groups in total. The number of hydrogen-bond acceptors (Lipinski definition) is 4. The summed E-state index contributed by atoms with van der Waals surface area (Å²) in [6, 6.07) is 2.42. The van der Waals surface area contributed by atoms with Gasteiger partial charge in [-0.15, -0.1) is 0 Å². The van der Waals surface area contributed by atoms with E-state index in [0.717, 1.165) is 59.3 Å². The van der Waals surface area contributed by atoms with E-state index in [4.69, 9.17) is 4.98 Å². The van der Waals surface area contributed by atoms with Gasteiger partial charge in [0.15, 0.2) is 0 Å². The van der Waals surface area contributed by atoms with Gasteiger partial charge < -0.3 is 0 Å². The van der Waals surface area contributed by atoms with E-state index in [2.05, 4.69) is 57.8 Å². The van der Waals surface area contributed by atoms with E-state index in [-0.39, 0.29) is 0 Å². The molecule has 0 spiro atoms. The minimum absolute atomic E-state index is 0.412. The minimum Gasteiger partial charge on any atom is -0.272 e. The molecule has 0 unspecified atom stereocenters. The molecule has 0 radical (unpaired) electrons. The van der Waals surface area contributed by atoms with Gasteiger partial charge in [0.2, 0.25) is 0 Å². The molecular weight excluding hydrogens is 386 g/mol. The summed E-state index contributed by atoms with van der Waals surface area (Å²) < 4.78 is 6.05. The third-order valence-corrected chi connectivity index (χ3v) is 6.87. The van der Waals surface area contributed by atoms with Crippen LogP contribution >= 0.6 is 0 Å². The van der Waals surface area contributed by atoms with Crippen LogP contribution in [-0.2, 0) is 6.54 Å². The van der Waals surface area contributed by atoms with Crippen LogP contribution in [0.25, 0.3) is 28.0 Å². The fourth-order valence-corrected chi connectivity index (χ4v) is 4.82. The van der Waals surface area contributed by atoms with Gasteiger partial charge in [0.05, 0.1) is 47.7 Å². The summed E-state index contributed by atoms with van der Waals surface area (Å²) in [4.78, 5) is 5.02. The standard InChI is InChI=1S/C24H31N7/c1-4-17-9-18(10-17)13-29-14-19(11-26-29)22-16-31-23(7-8-25-31)24(28-22)20-12-27-30(15-20)21(5-2)6-3/h7-8,11-12,14-18,21H,4-6,9-10,13H2,1-3H3. The predicted molar refractivity (Wildman–Crippen MR) is 122 cm³/mol. The first-order valence-corrected chi connectivity index (χ1v) is 11.6. The van der Waals surface area contributed by atoms with Gasteiger partial charge in [0.1, 0.15) is 0 Å². The van der Waals surface area contributed by atoms with Gasteiger partial charge in [-0.3, -0.25) is 9.36 Å². The second-order valence-corrected chi connectivity index (χ2v) is 8.88. The van der Waals surface area contributed by atoms with Crippen LogP contribution < -0.4 is 0 Å². The molecule has 31 heavy (non-hydrogen) atoms. The Morgan fingerprint density at radius 3 is 2.52 bits per heavy atom. The van der Waals surface area contributed by atoms with Crippen molar-refractivity contribution in [1.82, 2.24) is 34.2 Å². The summed E-state index contributed by atoms with van der Waals surface area (Å²) in [5.41, 5.74) is 4.82. The Labute approximate surface area is 183 Å². The fourth-order valence-electron chi connectivity index (χ4n) is 4.82. The van der Waals surface area contributed by atoms with Crippen LogP contribution in [0.1, 0.15) is 58.9 Å². The van der Waals surface area contributed by atoms with Crippen molar-refractivity contribution in [1.29, 1.82) is 0 Å². The zero-order valence-electron chi connectivity index (χ0n) is 18.6. The Morgan fingerprint density at radius 1 is 0.935 bits per heavy atom. The topological polar surface area (TPSA) is 65.8 Å². The van der Waals surface area contributed by atoms with Crippen molar-refractivity contribution in [3.8, 4) is 22.5 Å². The molecule has 0 saturated heterocycles. The third-order valence-electron chi connectivity index (χ3n) is 6.87. The van der Waals surface area contributed by atoms with Gasteiger partial charge in [-0.25, -0.2) is 9.50 Å². The van der Waals surface area contributed by atoms with E-state index in [0.29, 0.717) is 6.04 Å². The molecule has 4 aromatic rings. The van der Waals surface area contributed by atoms with E-state index in [1.807, 2.05) is 35.4 Å². The maximum absolute atomic E-state index is 5.02. The molecule has 1 aliphatic carbocycles. The zero-order valence-corrected chi connectivity index (χ0v) is 18.6. The lowest BCUT2D eigenvalue weighted by molar-refractivity contribution is 0.161. The number of aromatic nitrogens is 7. The first-order valence-electron chi connectivity index (χ1n) is 11.6. The summed E-state index contributed by atoms with van der Waals surface area (Å²) >= 11 is 0. The lowest BCUT2D eigenvalue weighted by Gasteiger charge is -2.34. The molecule has 1 fully saturated rings. The number of rotatable bonds is 8. The second kappa shape index (κ2) is 8.29. The Morgan fingerprint density at radius 2 is 1.74 bits per heavy atom. The first kappa shape index (κ1) is 20.0. The van der Waals surface area contributed by atoms with Gasteiger partial charge >= 0.3 is 0 Å². The monoisotopic (exact) mass is 417 g/mol. The molecule has 0 aliphatic heterocycles. The highest BCUT2D eigenvalue weighted by Crippen LogP contribution is 2.37. The van der Waals surface area contributed by atoms with Crippen LogP contribution in [-0.4, -0.2) is 34.2 Å². The normalized spacial score (nSPS) is 18.7. The smallest absolute Gasteiger partial charge is 0.0999 e. The van der Waals surface area contributed by atoms with Crippen LogP contribution in [0.4, 0.5) is 0 Å². The number of hydrogen-bond donors (Lipinski definition) is 0.